The first-order valence-electron chi connectivity index (χ1n) is 4.03. The minimum Gasteiger partial charge on any atom is -0.237 e. The van der Waals surface area contributed by atoms with Crippen molar-refractivity contribution in [1.29, 1.82) is 0 Å². The summed E-state index contributed by atoms with van der Waals surface area (Å²) in [5.41, 5.74) is 2.04. The van der Waals surface area contributed by atoms with E-state index in [1.807, 2.05) is 13.8 Å². The number of aromatic nitrogens is 2. The summed E-state index contributed by atoms with van der Waals surface area (Å²) in [6.07, 6.45) is 0. The van der Waals surface area contributed by atoms with E-state index in [0.717, 1.165) is 21.7 Å². The van der Waals surface area contributed by atoms with Gasteiger partial charge in [-0.05, 0) is 29.8 Å². The Morgan fingerprint density at radius 3 is 1.83 bits per heavy atom. The van der Waals surface area contributed by atoms with Crippen LogP contribution in [0.4, 0.5) is 0 Å². The maximum Gasteiger partial charge on any atom is 0.131 e. The van der Waals surface area contributed by atoms with E-state index in [1.54, 1.807) is 0 Å². The summed E-state index contributed by atoms with van der Waals surface area (Å²) in [7, 11) is 0. The molecule has 0 aliphatic carbocycles. The molecule has 0 aliphatic heterocycles. The van der Waals surface area contributed by atoms with Crippen molar-refractivity contribution in [2.24, 2.45) is 0 Å². The molecule has 0 unspecified atom stereocenters. The van der Waals surface area contributed by atoms with Gasteiger partial charge in [0, 0.05) is 5.92 Å². The molecule has 0 fully saturated rings. The lowest BCUT2D eigenvalue weighted by Crippen LogP contribution is -2.02. The quantitative estimate of drug-likeness (QED) is 0.739. The van der Waals surface area contributed by atoms with Crippen molar-refractivity contribution in [1.82, 2.24) is 9.97 Å². The fourth-order valence-corrected chi connectivity index (χ4v) is 1.16. The average Bonchev–Trinajstić information content (AvgIpc) is 1.99. The molecule has 0 radical (unpaired) electrons. The normalized spacial score (nSPS) is 10.8. The van der Waals surface area contributed by atoms with Gasteiger partial charge in [-0.3, -0.25) is 0 Å². The summed E-state index contributed by atoms with van der Waals surface area (Å²) in [6, 6.07) is 0. The Hall–Kier alpha value is -0.440. The van der Waals surface area contributed by atoms with E-state index in [2.05, 4.69) is 39.7 Å². The molecule has 0 saturated carbocycles. The van der Waals surface area contributed by atoms with Crippen LogP contribution in [0.5, 0.6) is 0 Å². The smallest absolute Gasteiger partial charge is 0.131 e. The molecule has 1 heterocycles. The van der Waals surface area contributed by atoms with Gasteiger partial charge in [0.25, 0.3) is 0 Å². The van der Waals surface area contributed by atoms with Gasteiger partial charge in [-0.25, -0.2) is 9.97 Å². The first-order valence-corrected chi connectivity index (χ1v) is 4.82. The summed E-state index contributed by atoms with van der Waals surface area (Å²) >= 11 is 3.44. The van der Waals surface area contributed by atoms with Crippen molar-refractivity contribution in [2.45, 2.75) is 33.6 Å². The van der Waals surface area contributed by atoms with Crippen molar-refractivity contribution in [2.75, 3.05) is 0 Å². The highest BCUT2D eigenvalue weighted by molar-refractivity contribution is 9.10. The lowest BCUT2D eigenvalue weighted by molar-refractivity contribution is 0.755. The average molecular weight is 229 g/mol. The van der Waals surface area contributed by atoms with E-state index < -0.39 is 0 Å². The molecule has 1 rings (SSSR count). The van der Waals surface area contributed by atoms with Crippen LogP contribution in [-0.2, 0) is 0 Å². The predicted molar refractivity (Wildman–Crippen MR) is 53.3 cm³/mol. The van der Waals surface area contributed by atoms with Crippen LogP contribution in [0.2, 0.25) is 0 Å². The zero-order chi connectivity index (χ0) is 9.30. The lowest BCUT2D eigenvalue weighted by atomic mass is 10.2. The van der Waals surface area contributed by atoms with Crippen LogP contribution >= 0.6 is 15.9 Å². The van der Waals surface area contributed by atoms with Crippen LogP contribution in [0.25, 0.3) is 0 Å². The van der Waals surface area contributed by atoms with Crippen molar-refractivity contribution in [3.05, 3.63) is 21.7 Å². The second kappa shape index (κ2) is 3.52. The minimum atomic E-state index is 0.399. The molecule has 2 nitrogen and oxygen atoms in total. The molecule has 0 bridgehead atoms. The highest BCUT2D eigenvalue weighted by Gasteiger charge is 2.07. The minimum absolute atomic E-state index is 0.399. The van der Waals surface area contributed by atoms with Crippen LogP contribution in [0.15, 0.2) is 4.47 Å². The number of nitrogens with zero attached hydrogens (tertiary/aromatic N) is 2. The molecular weight excluding hydrogens is 216 g/mol. The Bertz CT molecular complexity index is 272. The molecule has 1 aromatic heterocycles. The fraction of sp³-hybridized carbons (Fsp3) is 0.556. The number of aryl methyl sites for hydroxylation is 2. The second-order valence-corrected chi connectivity index (χ2v) is 4.01. The third-order valence-corrected chi connectivity index (χ3v) is 2.86. The standard InChI is InChI=1S/C9H13BrN2/c1-5(2)9-11-6(3)8(10)7(4)12-9/h5H,1-4H3. The largest absolute Gasteiger partial charge is 0.237 e. The fourth-order valence-electron chi connectivity index (χ4n) is 0.987. The zero-order valence-electron chi connectivity index (χ0n) is 7.85. The van der Waals surface area contributed by atoms with Crippen molar-refractivity contribution in [3.63, 3.8) is 0 Å². The topological polar surface area (TPSA) is 25.8 Å². The SMILES string of the molecule is Cc1nc(C(C)C)nc(C)c1Br. The predicted octanol–water partition coefficient (Wildman–Crippen LogP) is 2.98. The van der Waals surface area contributed by atoms with Gasteiger partial charge in [-0.15, -0.1) is 0 Å². The Morgan fingerprint density at radius 1 is 1.08 bits per heavy atom. The van der Waals surface area contributed by atoms with Crippen LogP contribution in [0, 0.1) is 13.8 Å². The second-order valence-electron chi connectivity index (χ2n) is 3.22. The molecule has 12 heavy (non-hydrogen) atoms. The number of hydrogen-bond donors (Lipinski definition) is 0. The van der Waals surface area contributed by atoms with Gasteiger partial charge in [0.15, 0.2) is 0 Å². The van der Waals surface area contributed by atoms with Gasteiger partial charge in [-0.1, -0.05) is 13.8 Å². The molecule has 0 saturated heterocycles. The molecule has 0 spiro atoms. The highest BCUT2D eigenvalue weighted by atomic mass is 79.9. The summed E-state index contributed by atoms with van der Waals surface area (Å²) in [4.78, 5) is 8.75. The Labute approximate surface area is 81.6 Å². The number of halogens is 1. The van der Waals surface area contributed by atoms with E-state index in [0.29, 0.717) is 5.92 Å². The summed E-state index contributed by atoms with van der Waals surface area (Å²) in [5, 5.41) is 0. The van der Waals surface area contributed by atoms with Gasteiger partial charge >= 0.3 is 0 Å². The molecule has 0 atom stereocenters. The Kier molecular flexibility index (Phi) is 2.83. The van der Waals surface area contributed by atoms with E-state index in [9.17, 15) is 0 Å². The highest BCUT2D eigenvalue weighted by Crippen LogP contribution is 2.19. The Morgan fingerprint density at radius 2 is 1.50 bits per heavy atom. The van der Waals surface area contributed by atoms with Gasteiger partial charge in [-0.2, -0.15) is 0 Å². The third-order valence-electron chi connectivity index (χ3n) is 1.72. The van der Waals surface area contributed by atoms with Crippen LogP contribution in [0.1, 0.15) is 37.0 Å². The first kappa shape index (κ1) is 9.65. The van der Waals surface area contributed by atoms with Crippen LogP contribution in [0.3, 0.4) is 0 Å². The van der Waals surface area contributed by atoms with Gasteiger partial charge in [0.2, 0.25) is 0 Å². The third kappa shape index (κ3) is 1.83. The van der Waals surface area contributed by atoms with E-state index in [4.69, 9.17) is 0 Å². The molecule has 66 valence electrons. The van der Waals surface area contributed by atoms with E-state index in [-0.39, 0.29) is 0 Å². The van der Waals surface area contributed by atoms with Gasteiger partial charge in [0.05, 0.1) is 15.9 Å². The molecule has 3 heteroatoms. The van der Waals surface area contributed by atoms with Crippen molar-refractivity contribution >= 4 is 15.9 Å². The van der Waals surface area contributed by atoms with E-state index >= 15 is 0 Å². The number of hydrogen-bond acceptors (Lipinski definition) is 2. The number of rotatable bonds is 1. The Balaban J connectivity index is 3.21. The van der Waals surface area contributed by atoms with Crippen molar-refractivity contribution < 1.29 is 0 Å². The van der Waals surface area contributed by atoms with Gasteiger partial charge in [0.1, 0.15) is 5.82 Å². The molecule has 1 aromatic rings. The van der Waals surface area contributed by atoms with Crippen molar-refractivity contribution in [3.8, 4) is 0 Å². The monoisotopic (exact) mass is 228 g/mol. The molecule has 0 aliphatic rings. The van der Waals surface area contributed by atoms with Gasteiger partial charge < -0.3 is 0 Å². The summed E-state index contributed by atoms with van der Waals surface area (Å²) in [6.45, 7) is 8.18. The summed E-state index contributed by atoms with van der Waals surface area (Å²) < 4.78 is 1.02. The van der Waals surface area contributed by atoms with Crippen LogP contribution in [-0.4, -0.2) is 9.97 Å². The lowest BCUT2D eigenvalue weighted by Gasteiger charge is -2.07. The molecule has 0 aromatic carbocycles. The zero-order valence-corrected chi connectivity index (χ0v) is 9.44. The van der Waals surface area contributed by atoms with Crippen LogP contribution < -0.4 is 0 Å². The summed E-state index contributed by atoms with van der Waals surface area (Å²) in [5.74, 6) is 1.32. The maximum absolute atomic E-state index is 4.38. The molecule has 0 amide bonds. The first-order chi connectivity index (χ1) is 5.52. The molecular formula is C9H13BrN2. The molecule has 0 N–H and O–H groups in total. The maximum atomic E-state index is 4.38. The van der Waals surface area contributed by atoms with E-state index in [1.165, 1.54) is 0 Å².